The molecule has 3 heteroatoms. The molecule has 1 saturated carbocycles. The molecule has 0 amide bonds. The molecule has 1 aromatic rings. The van der Waals surface area contributed by atoms with Crippen LogP contribution in [0.15, 0.2) is 12.3 Å². The van der Waals surface area contributed by atoms with Crippen LogP contribution in [0.5, 0.6) is 0 Å². The van der Waals surface area contributed by atoms with Crippen molar-refractivity contribution in [1.29, 1.82) is 0 Å². The predicted octanol–water partition coefficient (Wildman–Crippen LogP) is 3.80. The average Bonchev–Trinajstić information content (AvgIpc) is 3.31. The molecule has 0 bridgehead atoms. The fraction of sp³-hybridized carbons (Fsp3) is 0.722. The molecule has 1 atom stereocenters. The molecule has 3 nitrogen and oxygen atoms in total. The highest BCUT2D eigenvalue weighted by Gasteiger charge is 2.25. The van der Waals surface area contributed by atoms with Gasteiger partial charge in [-0.05, 0) is 51.5 Å². The lowest BCUT2D eigenvalue weighted by molar-refractivity contribution is 0.433. The van der Waals surface area contributed by atoms with Crippen LogP contribution in [0.1, 0.15) is 63.1 Å². The van der Waals surface area contributed by atoms with Gasteiger partial charge in [0.15, 0.2) is 0 Å². The van der Waals surface area contributed by atoms with Crippen LogP contribution in [0.2, 0.25) is 0 Å². The van der Waals surface area contributed by atoms with Gasteiger partial charge in [0.05, 0.1) is 0 Å². The van der Waals surface area contributed by atoms with Crippen molar-refractivity contribution < 1.29 is 0 Å². The molecule has 1 aliphatic carbocycles. The summed E-state index contributed by atoms with van der Waals surface area (Å²) >= 11 is 0. The zero-order valence-corrected chi connectivity index (χ0v) is 13.6. The number of aryl methyl sites for hydroxylation is 1. The standard InChI is InChI=1S/C18H29N3/c1-3-6-17-7-4-5-10-21(17)18-11-14(2)19-12-15(18)13-20-16-8-9-16/h11-12,16-17,20H,3-10,13H2,1-2H3. The van der Waals surface area contributed by atoms with Crippen molar-refractivity contribution >= 4 is 5.69 Å². The second-order valence-electron chi connectivity index (χ2n) is 6.74. The number of nitrogens with zero attached hydrogens (tertiary/aromatic N) is 2. The van der Waals surface area contributed by atoms with Crippen molar-refractivity contribution in [2.45, 2.75) is 77.4 Å². The van der Waals surface area contributed by atoms with E-state index in [0.29, 0.717) is 0 Å². The maximum Gasteiger partial charge on any atom is 0.0448 e. The molecule has 21 heavy (non-hydrogen) atoms. The summed E-state index contributed by atoms with van der Waals surface area (Å²) in [4.78, 5) is 7.21. The van der Waals surface area contributed by atoms with E-state index in [9.17, 15) is 0 Å². The number of nitrogens with one attached hydrogen (secondary N) is 1. The van der Waals surface area contributed by atoms with Crippen molar-refractivity contribution in [2.24, 2.45) is 0 Å². The molecule has 1 aromatic heterocycles. The lowest BCUT2D eigenvalue weighted by atomic mass is 9.96. The van der Waals surface area contributed by atoms with Gasteiger partial charge in [-0.25, -0.2) is 0 Å². The Bertz CT molecular complexity index is 466. The van der Waals surface area contributed by atoms with Gasteiger partial charge < -0.3 is 10.2 Å². The fourth-order valence-corrected chi connectivity index (χ4v) is 3.47. The van der Waals surface area contributed by atoms with E-state index >= 15 is 0 Å². The fourth-order valence-electron chi connectivity index (χ4n) is 3.47. The van der Waals surface area contributed by atoms with Crippen LogP contribution in [0.4, 0.5) is 5.69 Å². The Morgan fingerprint density at radius 1 is 1.29 bits per heavy atom. The minimum atomic E-state index is 0.727. The Morgan fingerprint density at radius 2 is 2.14 bits per heavy atom. The van der Waals surface area contributed by atoms with E-state index in [4.69, 9.17) is 0 Å². The first kappa shape index (κ1) is 14.8. The van der Waals surface area contributed by atoms with Crippen LogP contribution in [-0.2, 0) is 6.54 Å². The normalized spacial score (nSPS) is 22.6. The third-order valence-corrected chi connectivity index (χ3v) is 4.82. The molecule has 2 heterocycles. The second-order valence-corrected chi connectivity index (χ2v) is 6.74. The lowest BCUT2D eigenvalue weighted by Crippen LogP contribution is -2.40. The SMILES string of the molecule is CCCC1CCCCN1c1cc(C)ncc1CNC1CC1. The van der Waals surface area contributed by atoms with Crippen molar-refractivity contribution in [1.82, 2.24) is 10.3 Å². The van der Waals surface area contributed by atoms with Gasteiger partial charge in [-0.3, -0.25) is 4.98 Å². The number of anilines is 1. The highest BCUT2D eigenvalue weighted by Crippen LogP contribution is 2.31. The monoisotopic (exact) mass is 287 g/mol. The molecule has 1 saturated heterocycles. The number of rotatable bonds is 6. The summed E-state index contributed by atoms with van der Waals surface area (Å²) < 4.78 is 0. The molecule has 1 N–H and O–H groups in total. The Balaban J connectivity index is 1.80. The number of piperidine rings is 1. The Morgan fingerprint density at radius 3 is 2.90 bits per heavy atom. The molecule has 1 unspecified atom stereocenters. The molecule has 0 aromatic carbocycles. The van der Waals surface area contributed by atoms with Crippen LogP contribution < -0.4 is 10.2 Å². The van der Waals surface area contributed by atoms with Gasteiger partial charge in [0.1, 0.15) is 0 Å². The summed E-state index contributed by atoms with van der Waals surface area (Å²) in [5, 5.41) is 3.65. The van der Waals surface area contributed by atoms with E-state index in [1.807, 2.05) is 0 Å². The highest BCUT2D eigenvalue weighted by molar-refractivity contribution is 5.55. The van der Waals surface area contributed by atoms with Crippen molar-refractivity contribution in [3.63, 3.8) is 0 Å². The number of aromatic nitrogens is 1. The molecular formula is C18H29N3. The molecule has 2 aliphatic rings. The van der Waals surface area contributed by atoms with Gasteiger partial charge >= 0.3 is 0 Å². The topological polar surface area (TPSA) is 28.2 Å². The van der Waals surface area contributed by atoms with Crippen LogP contribution >= 0.6 is 0 Å². The summed E-state index contributed by atoms with van der Waals surface area (Å²) in [5.41, 5.74) is 3.96. The van der Waals surface area contributed by atoms with E-state index in [2.05, 4.69) is 41.3 Å². The zero-order chi connectivity index (χ0) is 14.7. The number of hydrogen-bond acceptors (Lipinski definition) is 3. The smallest absolute Gasteiger partial charge is 0.0448 e. The minimum Gasteiger partial charge on any atom is -0.368 e. The molecule has 0 radical (unpaired) electrons. The quantitative estimate of drug-likeness (QED) is 0.862. The van der Waals surface area contributed by atoms with Crippen LogP contribution in [-0.4, -0.2) is 23.6 Å². The highest BCUT2D eigenvalue weighted by atomic mass is 15.2. The van der Waals surface area contributed by atoms with E-state index in [0.717, 1.165) is 24.3 Å². The Hall–Kier alpha value is -1.09. The van der Waals surface area contributed by atoms with Crippen molar-refractivity contribution in [3.05, 3.63) is 23.5 Å². The first-order chi connectivity index (χ1) is 10.3. The minimum absolute atomic E-state index is 0.727. The molecule has 116 valence electrons. The van der Waals surface area contributed by atoms with Crippen LogP contribution in [0, 0.1) is 6.92 Å². The average molecular weight is 287 g/mol. The predicted molar refractivity (Wildman–Crippen MR) is 88.7 cm³/mol. The molecule has 1 aliphatic heterocycles. The molecule has 2 fully saturated rings. The first-order valence-electron chi connectivity index (χ1n) is 8.73. The number of hydrogen-bond donors (Lipinski definition) is 1. The maximum atomic E-state index is 4.54. The molecule has 0 spiro atoms. The zero-order valence-electron chi connectivity index (χ0n) is 13.6. The van der Waals surface area contributed by atoms with Crippen molar-refractivity contribution in [2.75, 3.05) is 11.4 Å². The summed E-state index contributed by atoms with van der Waals surface area (Å²) in [6, 6.07) is 3.79. The van der Waals surface area contributed by atoms with Gasteiger partial charge in [-0.2, -0.15) is 0 Å². The van der Waals surface area contributed by atoms with Crippen molar-refractivity contribution in [3.8, 4) is 0 Å². The van der Waals surface area contributed by atoms with Crippen LogP contribution in [0.3, 0.4) is 0 Å². The largest absolute Gasteiger partial charge is 0.368 e. The third-order valence-electron chi connectivity index (χ3n) is 4.82. The summed E-state index contributed by atoms with van der Waals surface area (Å²) in [7, 11) is 0. The number of pyridine rings is 1. The van der Waals surface area contributed by atoms with Gasteiger partial charge in [0, 0.05) is 48.3 Å². The van der Waals surface area contributed by atoms with E-state index < -0.39 is 0 Å². The summed E-state index contributed by atoms with van der Waals surface area (Å²) in [6.45, 7) is 6.60. The van der Waals surface area contributed by atoms with Gasteiger partial charge in [0.2, 0.25) is 0 Å². The maximum absolute atomic E-state index is 4.54. The second kappa shape index (κ2) is 6.78. The summed E-state index contributed by atoms with van der Waals surface area (Å²) in [5.74, 6) is 0. The lowest BCUT2D eigenvalue weighted by Gasteiger charge is -2.39. The van der Waals surface area contributed by atoms with Gasteiger partial charge in [-0.15, -0.1) is 0 Å². The summed E-state index contributed by atoms with van der Waals surface area (Å²) in [6.07, 6.45) is 11.5. The molecule has 3 rings (SSSR count). The van der Waals surface area contributed by atoms with E-state index in [1.54, 1.807) is 0 Å². The van der Waals surface area contributed by atoms with E-state index in [1.165, 1.54) is 62.7 Å². The first-order valence-corrected chi connectivity index (χ1v) is 8.73. The Labute approximate surface area is 129 Å². The van der Waals surface area contributed by atoms with E-state index in [-0.39, 0.29) is 0 Å². The van der Waals surface area contributed by atoms with Gasteiger partial charge in [-0.1, -0.05) is 13.3 Å². The molecular weight excluding hydrogens is 258 g/mol. The van der Waals surface area contributed by atoms with Crippen LogP contribution in [0.25, 0.3) is 0 Å². The Kier molecular flexibility index (Phi) is 4.79. The van der Waals surface area contributed by atoms with Gasteiger partial charge in [0.25, 0.3) is 0 Å². The third kappa shape index (κ3) is 3.76.